The van der Waals surface area contributed by atoms with Gasteiger partial charge in [0, 0.05) is 4.83 Å². The Morgan fingerprint density at radius 2 is 1.71 bits per heavy atom. The molecule has 0 spiro atoms. The molecule has 1 unspecified atom stereocenters. The van der Waals surface area contributed by atoms with Crippen LogP contribution in [0.4, 0.5) is 0 Å². The topological polar surface area (TPSA) is 0 Å². The molecule has 1 saturated carbocycles. The van der Waals surface area contributed by atoms with E-state index in [1.165, 1.54) is 36.8 Å². The summed E-state index contributed by atoms with van der Waals surface area (Å²) < 4.78 is 0. The molecule has 1 heteroatoms. The number of hydrogen-bond acceptors (Lipinski definition) is 0. The zero-order valence-corrected chi connectivity index (χ0v) is 10.3. The molecule has 1 aromatic carbocycles. The number of hydrogen-bond donors (Lipinski definition) is 0. The van der Waals surface area contributed by atoms with E-state index in [-0.39, 0.29) is 0 Å². The molecular weight excluding hydrogens is 236 g/mol. The van der Waals surface area contributed by atoms with Crippen LogP contribution in [-0.2, 0) is 0 Å². The maximum atomic E-state index is 3.84. The standard InChI is InChI=1S/C13H17Br/c1-10-6-8-12(9-7-10)13(14)11-4-2-3-5-11/h6-9,11,13H,2-5H2,1H3. The second-order valence-corrected chi connectivity index (χ2v) is 5.34. The van der Waals surface area contributed by atoms with Crippen molar-refractivity contribution in [3.8, 4) is 0 Å². The van der Waals surface area contributed by atoms with E-state index in [2.05, 4.69) is 47.1 Å². The van der Waals surface area contributed by atoms with Crippen molar-refractivity contribution in [2.24, 2.45) is 5.92 Å². The van der Waals surface area contributed by atoms with Crippen molar-refractivity contribution in [3.05, 3.63) is 35.4 Å². The molecule has 0 amide bonds. The summed E-state index contributed by atoms with van der Waals surface area (Å²) in [5.41, 5.74) is 2.79. The first-order valence-corrected chi connectivity index (χ1v) is 6.39. The minimum Gasteiger partial charge on any atom is -0.0836 e. The molecule has 0 nitrogen and oxygen atoms in total. The van der Waals surface area contributed by atoms with E-state index in [9.17, 15) is 0 Å². The van der Waals surface area contributed by atoms with Gasteiger partial charge in [0.25, 0.3) is 0 Å². The van der Waals surface area contributed by atoms with Gasteiger partial charge in [-0.15, -0.1) is 0 Å². The van der Waals surface area contributed by atoms with E-state index in [1.807, 2.05) is 0 Å². The Kier molecular flexibility index (Phi) is 3.27. The van der Waals surface area contributed by atoms with Crippen LogP contribution < -0.4 is 0 Å². The third-order valence-electron chi connectivity index (χ3n) is 3.21. The van der Waals surface area contributed by atoms with Gasteiger partial charge in [-0.2, -0.15) is 0 Å². The molecule has 1 aromatic rings. The van der Waals surface area contributed by atoms with Crippen LogP contribution in [0.2, 0.25) is 0 Å². The summed E-state index contributed by atoms with van der Waals surface area (Å²) in [6, 6.07) is 8.93. The molecule has 1 aliphatic carbocycles. The van der Waals surface area contributed by atoms with Crippen molar-refractivity contribution in [2.45, 2.75) is 37.4 Å². The average Bonchev–Trinajstić information content (AvgIpc) is 2.71. The highest BCUT2D eigenvalue weighted by Crippen LogP contribution is 2.40. The Hall–Kier alpha value is -0.300. The third-order valence-corrected chi connectivity index (χ3v) is 4.49. The molecule has 1 atom stereocenters. The van der Waals surface area contributed by atoms with E-state index in [1.54, 1.807) is 0 Å². The summed E-state index contributed by atoms with van der Waals surface area (Å²) in [6.07, 6.45) is 5.62. The highest BCUT2D eigenvalue weighted by molar-refractivity contribution is 9.09. The Morgan fingerprint density at radius 3 is 2.29 bits per heavy atom. The second kappa shape index (κ2) is 4.48. The molecule has 0 saturated heterocycles. The Labute approximate surface area is 94.8 Å². The van der Waals surface area contributed by atoms with Crippen molar-refractivity contribution >= 4 is 15.9 Å². The van der Waals surface area contributed by atoms with Gasteiger partial charge >= 0.3 is 0 Å². The van der Waals surface area contributed by atoms with Crippen molar-refractivity contribution in [1.82, 2.24) is 0 Å². The van der Waals surface area contributed by atoms with Gasteiger partial charge in [0.1, 0.15) is 0 Å². The molecule has 0 heterocycles. The highest BCUT2D eigenvalue weighted by atomic mass is 79.9. The van der Waals surface area contributed by atoms with E-state index in [4.69, 9.17) is 0 Å². The number of alkyl halides is 1. The number of rotatable bonds is 2. The van der Waals surface area contributed by atoms with Crippen LogP contribution in [0.3, 0.4) is 0 Å². The van der Waals surface area contributed by atoms with Gasteiger partial charge in [-0.05, 0) is 31.2 Å². The van der Waals surface area contributed by atoms with Gasteiger partial charge in [-0.1, -0.05) is 58.6 Å². The van der Waals surface area contributed by atoms with Gasteiger partial charge in [0.2, 0.25) is 0 Å². The first kappa shape index (κ1) is 10.2. The Bertz CT molecular complexity index is 283. The van der Waals surface area contributed by atoms with Crippen LogP contribution in [0.15, 0.2) is 24.3 Å². The van der Waals surface area contributed by atoms with Crippen LogP contribution in [0.25, 0.3) is 0 Å². The lowest BCUT2D eigenvalue weighted by molar-refractivity contribution is 0.542. The molecule has 14 heavy (non-hydrogen) atoms. The number of halogens is 1. The van der Waals surface area contributed by atoms with Gasteiger partial charge in [-0.3, -0.25) is 0 Å². The molecule has 76 valence electrons. The zero-order valence-electron chi connectivity index (χ0n) is 8.67. The summed E-state index contributed by atoms with van der Waals surface area (Å²) in [5, 5.41) is 0. The summed E-state index contributed by atoms with van der Waals surface area (Å²) >= 11 is 3.84. The minimum atomic E-state index is 0.575. The van der Waals surface area contributed by atoms with Crippen molar-refractivity contribution in [1.29, 1.82) is 0 Å². The van der Waals surface area contributed by atoms with E-state index in [0.717, 1.165) is 5.92 Å². The SMILES string of the molecule is Cc1ccc(C(Br)C2CCCC2)cc1. The lowest BCUT2D eigenvalue weighted by atomic mass is 9.97. The lowest BCUT2D eigenvalue weighted by Gasteiger charge is -2.17. The van der Waals surface area contributed by atoms with Gasteiger partial charge in [0.15, 0.2) is 0 Å². The van der Waals surface area contributed by atoms with E-state index < -0.39 is 0 Å². The molecular formula is C13H17Br. The molecule has 1 aliphatic rings. The highest BCUT2D eigenvalue weighted by Gasteiger charge is 2.23. The summed E-state index contributed by atoms with van der Waals surface area (Å²) in [4.78, 5) is 0.575. The maximum Gasteiger partial charge on any atom is 0.0423 e. The Morgan fingerprint density at radius 1 is 1.14 bits per heavy atom. The van der Waals surface area contributed by atoms with Crippen molar-refractivity contribution in [2.75, 3.05) is 0 Å². The fraction of sp³-hybridized carbons (Fsp3) is 0.538. The predicted octanol–water partition coefficient (Wildman–Crippen LogP) is 4.62. The lowest BCUT2D eigenvalue weighted by Crippen LogP contribution is -2.02. The number of benzene rings is 1. The first-order valence-electron chi connectivity index (χ1n) is 5.48. The van der Waals surface area contributed by atoms with Crippen LogP contribution in [0.5, 0.6) is 0 Å². The van der Waals surface area contributed by atoms with E-state index >= 15 is 0 Å². The molecule has 0 aromatic heterocycles. The third kappa shape index (κ3) is 2.20. The normalized spacial score (nSPS) is 19.9. The summed E-state index contributed by atoms with van der Waals surface area (Å²) in [6.45, 7) is 2.14. The summed E-state index contributed by atoms with van der Waals surface area (Å²) in [5.74, 6) is 0.859. The van der Waals surface area contributed by atoms with E-state index in [0.29, 0.717) is 4.83 Å². The minimum absolute atomic E-state index is 0.575. The predicted molar refractivity (Wildman–Crippen MR) is 64.8 cm³/mol. The quantitative estimate of drug-likeness (QED) is 0.674. The number of aryl methyl sites for hydroxylation is 1. The maximum absolute atomic E-state index is 3.84. The smallest absolute Gasteiger partial charge is 0.0423 e. The van der Waals surface area contributed by atoms with Gasteiger partial charge in [-0.25, -0.2) is 0 Å². The fourth-order valence-corrected chi connectivity index (χ4v) is 3.11. The molecule has 1 fully saturated rings. The van der Waals surface area contributed by atoms with Crippen LogP contribution >= 0.6 is 15.9 Å². The van der Waals surface area contributed by atoms with Crippen LogP contribution in [0.1, 0.15) is 41.6 Å². The second-order valence-electron chi connectivity index (χ2n) is 4.36. The van der Waals surface area contributed by atoms with Gasteiger partial charge < -0.3 is 0 Å². The molecule has 2 rings (SSSR count). The zero-order chi connectivity index (χ0) is 9.97. The molecule has 0 N–H and O–H groups in total. The largest absolute Gasteiger partial charge is 0.0836 e. The van der Waals surface area contributed by atoms with Crippen molar-refractivity contribution < 1.29 is 0 Å². The summed E-state index contributed by atoms with van der Waals surface area (Å²) in [7, 11) is 0. The Balaban J connectivity index is 2.09. The monoisotopic (exact) mass is 252 g/mol. The molecule has 0 bridgehead atoms. The van der Waals surface area contributed by atoms with Crippen LogP contribution in [-0.4, -0.2) is 0 Å². The van der Waals surface area contributed by atoms with Gasteiger partial charge in [0.05, 0.1) is 0 Å². The fourth-order valence-electron chi connectivity index (χ4n) is 2.27. The molecule has 0 radical (unpaired) electrons. The molecule has 0 aliphatic heterocycles. The van der Waals surface area contributed by atoms with Crippen LogP contribution in [0, 0.1) is 12.8 Å². The first-order chi connectivity index (χ1) is 6.77. The van der Waals surface area contributed by atoms with Crippen molar-refractivity contribution in [3.63, 3.8) is 0 Å². The average molecular weight is 253 g/mol.